The molecule has 5 nitrogen and oxygen atoms in total. The summed E-state index contributed by atoms with van der Waals surface area (Å²) in [4.78, 5) is 14.2. The number of benzene rings is 2. The molecule has 1 atom stereocenters. The zero-order valence-electron chi connectivity index (χ0n) is 13.0. The van der Waals surface area contributed by atoms with E-state index in [-0.39, 0.29) is 23.8 Å². The average Bonchev–Trinajstić information content (AvgIpc) is 3.21. The zero-order valence-corrected chi connectivity index (χ0v) is 13.8. The van der Waals surface area contributed by atoms with Gasteiger partial charge in [0.1, 0.15) is 11.1 Å². The lowest BCUT2D eigenvalue weighted by atomic mass is 10.1. The van der Waals surface area contributed by atoms with Gasteiger partial charge in [-0.05, 0) is 30.2 Å². The minimum absolute atomic E-state index is 0.0498. The van der Waals surface area contributed by atoms with Crippen LogP contribution in [0.3, 0.4) is 0 Å². The molecule has 1 saturated heterocycles. The predicted molar refractivity (Wildman–Crippen MR) is 91.3 cm³/mol. The molecule has 2 aromatic carbocycles. The number of para-hydroxylation sites is 1. The number of fused-ring (bicyclic) bond motifs is 1. The van der Waals surface area contributed by atoms with Gasteiger partial charge in [-0.2, -0.15) is 0 Å². The fourth-order valence-electron chi connectivity index (χ4n) is 3.01. The van der Waals surface area contributed by atoms with Gasteiger partial charge in [0, 0.05) is 12.1 Å². The van der Waals surface area contributed by atoms with Crippen molar-refractivity contribution in [1.82, 2.24) is 4.90 Å². The number of hydrogen-bond acceptors (Lipinski definition) is 5. The highest BCUT2D eigenvalue weighted by Crippen LogP contribution is 2.47. The molecule has 1 unspecified atom stereocenters. The minimum Gasteiger partial charge on any atom is -0.508 e. The Morgan fingerprint density at radius 2 is 2.00 bits per heavy atom. The molecule has 2 aliphatic heterocycles. The van der Waals surface area contributed by atoms with Crippen LogP contribution in [0, 0.1) is 0 Å². The van der Waals surface area contributed by atoms with Gasteiger partial charge >= 0.3 is 0 Å². The number of phenols is 1. The summed E-state index contributed by atoms with van der Waals surface area (Å²) in [5.74, 6) is 2.36. The van der Waals surface area contributed by atoms with Crippen LogP contribution in [-0.4, -0.2) is 35.0 Å². The second-order valence-corrected chi connectivity index (χ2v) is 6.82. The molecule has 24 heavy (non-hydrogen) atoms. The Hall–Kier alpha value is -2.34. The summed E-state index contributed by atoms with van der Waals surface area (Å²) < 4.78 is 11.0. The highest BCUT2D eigenvalue weighted by molar-refractivity contribution is 8.00. The zero-order chi connectivity index (χ0) is 16.5. The van der Waals surface area contributed by atoms with Gasteiger partial charge in [0.05, 0.1) is 5.75 Å². The third-order valence-electron chi connectivity index (χ3n) is 4.24. The fraction of sp³-hybridized carbons (Fsp3) is 0.278. The summed E-state index contributed by atoms with van der Waals surface area (Å²) in [6.45, 7) is 0.858. The van der Waals surface area contributed by atoms with Crippen LogP contribution in [0.15, 0.2) is 42.5 Å². The van der Waals surface area contributed by atoms with E-state index < -0.39 is 0 Å². The maximum Gasteiger partial charge on any atom is 0.233 e. The third-order valence-corrected chi connectivity index (χ3v) is 5.48. The van der Waals surface area contributed by atoms with Crippen molar-refractivity contribution < 1.29 is 19.4 Å². The van der Waals surface area contributed by atoms with Gasteiger partial charge in [-0.15, -0.1) is 11.8 Å². The maximum atomic E-state index is 12.3. The minimum atomic E-state index is -0.0498. The van der Waals surface area contributed by atoms with E-state index in [9.17, 15) is 9.90 Å². The molecule has 2 heterocycles. The van der Waals surface area contributed by atoms with Gasteiger partial charge in [-0.3, -0.25) is 4.79 Å². The van der Waals surface area contributed by atoms with Crippen LogP contribution < -0.4 is 9.47 Å². The fourth-order valence-corrected chi connectivity index (χ4v) is 4.25. The van der Waals surface area contributed by atoms with E-state index in [2.05, 4.69) is 0 Å². The Balaban J connectivity index is 1.54. The number of aromatic hydroxyl groups is 1. The maximum absolute atomic E-state index is 12.3. The molecule has 2 aromatic rings. The van der Waals surface area contributed by atoms with E-state index in [1.807, 2.05) is 35.2 Å². The van der Waals surface area contributed by atoms with Gasteiger partial charge in [0.15, 0.2) is 11.5 Å². The number of phenolic OH excluding ortho intramolecular Hbond substituents is 1. The second-order valence-electron chi connectivity index (χ2n) is 5.75. The molecule has 0 spiro atoms. The van der Waals surface area contributed by atoms with Crippen LogP contribution in [-0.2, 0) is 11.2 Å². The van der Waals surface area contributed by atoms with Gasteiger partial charge < -0.3 is 19.5 Å². The topological polar surface area (TPSA) is 59.0 Å². The van der Waals surface area contributed by atoms with E-state index >= 15 is 0 Å². The molecule has 2 aliphatic rings. The largest absolute Gasteiger partial charge is 0.508 e. The van der Waals surface area contributed by atoms with Crippen LogP contribution in [0.5, 0.6) is 17.2 Å². The average molecular weight is 343 g/mol. The number of carbonyl (C=O) groups is 1. The monoisotopic (exact) mass is 343 g/mol. The van der Waals surface area contributed by atoms with E-state index in [1.165, 1.54) is 0 Å². The molecule has 4 rings (SSSR count). The Morgan fingerprint density at radius 1 is 1.17 bits per heavy atom. The molecule has 0 radical (unpaired) electrons. The van der Waals surface area contributed by atoms with E-state index in [4.69, 9.17) is 9.47 Å². The summed E-state index contributed by atoms with van der Waals surface area (Å²) in [5.41, 5.74) is 2.08. The van der Waals surface area contributed by atoms with Crippen LogP contribution >= 0.6 is 11.8 Å². The molecule has 0 aromatic heterocycles. The van der Waals surface area contributed by atoms with Crippen molar-refractivity contribution in [2.45, 2.75) is 11.8 Å². The van der Waals surface area contributed by atoms with Crippen molar-refractivity contribution in [1.29, 1.82) is 0 Å². The third kappa shape index (κ3) is 2.78. The van der Waals surface area contributed by atoms with Crippen molar-refractivity contribution >= 4 is 17.7 Å². The number of amides is 1. The number of thioether (sulfide) groups is 1. The number of hydrogen-bond donors (Lipinski definition) is 1. The Kier molecular flexibility index (Phi) is 3.98. The highest BCUT2D eigenvalue weighted by Gasteiger charge is 2.35. The molecule has 1 fully saturated rings. The quantitative estimate of drug-likeness (QED) is 0.925. The molecule has 1 amide bonds. The van der Waals surface area contributed by atoms with Crippen LogP contribution in [0.1, 0.15) is 16.5 Å². The van der Waals surface area contributed by atoms with Gasteiger partial charge in [0.2, 0.25) is 12.7 Å². The second kappa shape index (κ2) is 6.28. The predicted octanol–water partition coefficient (Wildman–Crippen LogP) is 2.94. The van der Waals surface area contributed by atoms with Crippen molar-refractivity contribution in [3.05, 3.63) is 53.6 Å². The lowest BCUT2D eigenvalue weighted by molar-refractivity contribution is -0.128. The lowest BCUT2D eigenvalue weighted by Crippen LogP contribution is -2.30. The van der Waals surface area contributed by atoms with Gasteiger partial charge in [-0.1, -0.05) is 24.3 Å². The Bertz CT molecular complexity index is 762. The van der Waals surface area contributed by atoms with Crippen molar-refractivity contribution in [2.75, 3.05) is 19.1 Å². The molecule has 6 heteroatoms. The van der Waals surface area contributed by atoms with E-state index in [0.717, 1.165) is 29.0 Å². The molecular formula is C18H17NO4S. The van der Waals surface area contributed by atoms with Crippen LogP contribution in [0.25, 0.3) is 0 Å². The summed E-state index contributed by atoms with van der Waals surface area (Å²) >= 11 is 1.62. The standard InChI is InChI=1S/C18H17NO4S/c20-13-6-4-12(5-7-13)8-9-19-16(21)10-24-18(19)14-2-1-3-15-17(14)23-11-22-15/h1-7,18,20H,8-11H2. The Labute approximate surface area is 144 Å². The summed E-state index contributed by atoms with van der Waals surface area (Å²) in [6, 6.07) is 12.9. The normalized spacial score (nSPS) is 19.1. The summed E-state index contributed by atoms with van der Waals surface area (Å²) in [7, 11) is 0. The SMILES string of the molecule is O=C1CSC(c2cccc3c2OCO3)N1CCc1ccc(O)cc1. The molecule has 0 bridgehead atoms. The molecule has 0 saturated carbocycles. The number of carbonyl (C=O) groups excluding carboxylic acids is 1. The first-order valence-corrected chi connectivity index (χ1v) is 8.85. The van der Waals surface area contributed by atoms with E-state index in [1.54, 1.807) is 23.9 Å². The van der Waals surface area contributed by atoms with Gasteiger partial charge in [0.25, 0.3) is 0 Å². The smallest absolute Gasteiger partial charge is 0.233 e. The molecule has 1 N–H and O–H groups in total. The first-order chi connectivity index (χ1) is 11.7. The Morgan fingerprint density at radius 3 is 2.83 bits per heavy atom. The van der Waals surface area contributed by atoms with Gasteiger partial charge in [-0.25, -0.2) is 0 Å². The number of nitrogens with zero attached hydrogens (tertiary/aromatic N) is 1. The number of rotatable bonds is 4. The summed E-state index contributed by atoms with van der Waals surface area (Å²) in [6.07, 6.45) is 0.745. The highest BCUT2D eigenvalue weighted by atomic mass is 32.2. The lowest BCUT2D eigenvalue weighted by Gasteiger charge is -2.25. The number of ether oxygens (including phenoxy) is 2. The summed E-state index contributed by atoms with van der Waals surface area (Å²) in [5, 5.41) is 9.32. The van der Waals surface area contributed by atoms with Crippen molar-refractivity contribution in [3.63, 3.8) is 0 Å². The van der Waals surface area contributed by atoms with Crippen LogP contribution in [0.2, 0.25) is 0 Å². The van der Waals surface area contributed by atoms with Crippen LogP contribution in [0.4, 0.5) is 0 Å². The van der Waals surface area contributed by atoms with Crippen molar-refractivity contribution in [2.24, 2.45) is 0 Å². The first-order valence-electron chi connectivity index (χ1n) is 7.80. The molecule has 0 aliphatic carbocycles. The first kappa shape index (κ1) is 15.2. The van der Waals surface area contributed by atoms with E-state index in [0.29, 0.717) is 12.3 Å². The molecule has 124 valence electrons. The van der Waals surface area contributed by atoms with Crippen molar-refractivity contribution in [3.8, 4) is 17.2 Å². The molecular weight excluding hydrogens is 326 g/mol.